The number of fused-ring (bicyclic) bond motifs is 2. The number of hydrogen-bond acceptors (Lipinski definition) is 8. The smallest absolute Gasteiger partial charge is 0.261 e. The van der Waals surface area contributed by atoms with E-state index in [9.17, 15) is 13.2 Å². The van der Waals surface area contributed by atoms with Gasteiger partial charge in [0, 0.05) is 19.6 Å². The summed E-state index contributed by atoms with van der Waals surface area (Å²) < 4.78 is 38.4. The highest BCUT2D eigenvalue weighted by Gasteiger charge is 2.29. The molecule has 1 saturated heterocycles. The van der Waals surface area contributed by atoms with Gasteiger partial charge in [-0.1, -0.05) is 17.8 Å². The van der Waals surface area contributed by atoms with Crippen LogP contribution in [0.5, 0.6) is 11.5 Å². The number of nitrogens with zero attached hydrogens (tertiary/aromatic N) is 4. The third-order valence-electron chi connectivity index (χ3n) is 5.89. The van der Waals surface area contributed by atoms with Gasteiger partial charge in [-0.15, -0.1) is 5.10 Å². The van der Waals surface area contributed by atoms with E-state index in [0.29, 0.717) is 41.5 Å². The number of hydrogen-bond donors (Lipinski definition) is 1. The van der Waals surface area contributed by atoms with E-state index < -0.39 is 10.0 Å². The lowest BCUT2D eigenvalue weighted by molar-refractivity contribution is -0.126. The van der Waals surface area contributed by atoms with Crippen LogP contribution in [0.1, 0.15) is 25.3 Å². The van der Waals surface area contributed by atoms with Crippen molar-refractivity contribution < 1.29 is 27.5 Å². The molecule has 0 bridgehead atoms. The van der Waals surface area contributed by atoms with Crippen LogP contribution in [-0.4, -0.2) is 60.3 Å². The van der Waals surface area contributed by atoms with Gasteiger partial charge in [0.1, 0.15) is 11.0 Å². The summed E-state index contributed by atoms with van der Waals surface area (Å²) in [6.07, 6.45) is 1.86. The fourth-order valence-electron chi connectivity index (χ4n) is 4.07. The van der Waals surface area contributed by atoms with Gasteiger partial charge in [-0.25, -0.2) is 8.42 Å². The lowest BCUT2D eigenvalue weighted by atomic mass is 10.0. The molecule has 1 fully saturated rings. The fourth-order valence-corrected chi connectivity index (χ4v) is 5.69. The molecule has 11 nitrogen and oxygen atoms in total. The molecule has 0 spiro atoms. The van der Waals surface area contributed by atoms with Crippen molar-refractivity contribution in [1.82, 2.24) is 24.8 Å². The minimum absolute atomic E-state index is 0.147. The largest absolute Gasteiger partial charge is 0.454 e. The van der Waals surface area contributed by atoms with E-state index in [1.807, 2.05) is 6.07 Å². The summed E-state index contributed by atoms with van der Waals surface area (Å²) in [6.45, 7) is 3.21. The van der Waals surface area contributed by atoms with Gasteiger partial charge in [0.05, 0.1) is 4.90 Å². The average Bonchev–Trinajstić information content (AvgIpc) is 3.47. The zero-order valence-corrected chi connectivity index (χ0v) is 19.5. The van der Waals surface area contributed by atoms with Crippen LogP contribution in [0.25, 0.3) is 11.0 Å². The Morgan fingerprint density at radius 1 is 1.21 bits per heavy atom. The second kappa shape index (κ2) is 9.11. The maximum absolute atomic E-state index is 13.1. The Bertz CT molecular complexity index is 1320. The number of ether oxygens (including phenoxy) is 2. The van der Waals surface area contributed by atoms with E-state index in [1.165, 1.54) is 16.4 Å². The first-order valence-electron chi connectivity index (χ1n) is 11.0. The molecule has 180 valence electrons. The lowest BCUT2D eigenvalue weighted by Gasteiger charge is -2.30. The van der Waals surface area contributed by atoms with Crippen LogP contribution < -0.4 is 19.6 Å². The normalized spacial score (nSPS) is 18.2. The zero-order chi connectivity index (χ0) is 23.7. The minimum Gasteiger partial charge on any atom is -0.454 e. The van der Waals surface area contributed by atoms with Gasteiger partial charge in [-0.05, 0) is 59.9 Å². The second-order valence-corrected chi connectivity index (χ2v) is 10.4. The molecular weight excluding hydrogens is 462 g/mol. The summed E-state index contributed by atoms with van der Waals surface area (Å²) in [4.78, 5) is 19.0. The van der Waals surface area contributed by atoms with Crippen LogP contribution in [-0.2, 0) is 21.4 Å². The van der Waals surface area contributed by atoms with Crippen molar-refractivity contribution >= 4 is 27.0 Å². The van der Waals surface area contributed by atoms with Crippen molar-refractivity contribution in [3.05, 3.63) is 42.0 Å². The Morgan fingerprint density at radius 2 is 2.06 bits per heavy atom. The SMILES string of the molecule is CC1CCCN(S(=O)(=O)c2ccc3nnn(OCC(=O)NCc4ccc5c(c4)OCO5)c3c2)C1. The Kier molecular flexibility index (Phi) is 6.00. The van der Waals surface area contributed by atoms with Crippen LogP contribution in [0.15, 0.2) is 41.3 Å². The highest BCUT2D eigenvalue weighted by Crippen LogP contribution is 2.32. The van der Waals surface area contributed by atoms with Gasteiger partial charge in [-0.3, -0.25) is 4.79 Å². The fraction of sp³-hybridized carbons (Fsp3) is 0.409. The Labute approximate surface area is 196 Å². The molecule has 5 rings (SSSR count). The number of carbonyl (C=O) groups is 1. The average molecular weight is 488 g/mol. The van der Waals surface area contributed by atoms with E-state index in [2.05, 4.69) is 22.6 Å². The molecule has 0 saturated carbocycles. The van der Waals surface area contributed by atoms with E-state index in [1.54, 1.807) is 18.2 Å². The highest BCUT2D eigenvalue weighted by atomic mass is 32.2. The molecule has 3 aromatic rings. The monoisotopic (exact) mass is 487 g/mol. The summed E-state index contributed by atoms with van der Waals surface area (Å²) in [7, 11) is -3.65. The first-order valence-corrected chi connectivity index (χ1v) is 12.5. The molecule has 0 radical (unpaired) electrons. The van der Waals surface area contributed by atoms with Crippen molar-refractivity contribution in [1.29, 1.82) is 0 Å². The first-order chi connectivity index (χ1) is 16.4. The summed E-state index contributed by atoms with van der Waals surface area (Å²) in [5.74, 6) is 1.26. The summed E-state index contributed by atoms with van der Waals surface area (Å²) >= 11 is 0. The number of sulfonamides is 1. The van der Waals surface area contributed by atoms with Gasteiger partial charge >= 0.3 is 0 Å². The summed E-state index contributed by atoms with van der Waals surface area (Å²) in [5.41, 5.74) is 1.69. The summed E-state index contributed by atoms with van der Waals surface area (Å²) in [5, 5.41) is 10.7. The van der Waals surface area contributed by atoms with Gasteiger partial charge in [0.25, 0.3) is 5.91 Å². The van der Waals surface area contributed by atoms with Crippen LogP contribution in [0, 0.1) is 5.92 Å². The van der Waals surface area contributed by atoms with Crippen LogP contribution in [0.4, 0.5) is 0 Å². The number of rotatable bonds is 7. The highest BCUT2D eigenvalue weighted by molar-refractivity contribution is 7.89. The maximum atomic E-state index is 13.1. The van der Waals surface area contributed by atoms with Gasteiger partial charge in [0.15, 0.2) is 18.1 Å². The Hall–Kier alpha value is -3.38. The van der Waals surface area contributed by atoms with Crippen molar-refractivity contribution in [3.63, 3.8) is 0 Å². The Balaban J connectivity index is 1.24. The third kappa shape index (κ3) is 4.50. The van der Waals surface area contributed by atoms with Crippen LogP contribution in [0.2, 0.25) is 0 Å². The summed E-state index contributed by atoms with van der Waals surface area (Å²) in [6, 6.07) is 10.0. The second-order valence-electron chi connectivity index (χ2n) is 8.46. The molecule has 1 amide bonds. The van der Waals surface area contributed by atoms with Crippen molar-refractivity contribution in [2.75, 3.05) is 26.5 Å². The quantitative estimate of drug-likeness (QED) is 0.529. The number of aromatic nitrogens is 3. The number of piperidine rings is 1. The maximum Gasteiger partial charge on any atom is 0.261 e. The van der Waals surface area contributed by atoms with Crippen LogP contribution in [0.3, 0.4) is 0 Å². The van der Waals surface area contributed by atoms with E-state index in [-0.39, 0.29) is 30.7 Å². The molecule has 1 aromatic heterocycles. The molecule has 12 heteroatoms. The molecule has 1 unspecified atom stereocenters. The molecule has 2 aromatic carbocycles. The third-order valence-corrected chi connectivity index (χ3v) is 7.75. The lowest BCUT2D eigenvalue weighted by Crippen LogP contribution is -2.39. The van der Waals surface area contributed by atoms with Gasteiger partial charge in [0.2, 0.25) is 16.8 Å². The molecule has 1 N–H and O–H groups in total. The van der Waals surface area contributed by atoms with Crippen LogP contribution >= 0.6 is 0 Å². The number of benzene rings is 2. The van der Waals surface area contributed by atoms with Crippen molar-refractivity contribution in [2.24, 2.45) is 5.92 Å². The zero-order valence-electron chi connectivity index (χ0n) is 18.6. The molecule has 34 heavy (non-hydrogen) atoms. The van der Waals surface area contributed by atoms with Crippen molar-refractivity contribution in [2.45, 2.75) is 31.2 Å². The molecule has 2 aliphatic heterocycles. The van der Waals surface area contributed by atoms with Gasteiger partial charge in [-0.2, -0.15) is 4.31 Å². The number of amides is 1. The first kappa shape index (κ1) is 22.4. The predicted octanol–water partition coefficient (Wildman–Crippen LogP) is 1.33. The van der Waals surface area contributed by atoms with E-state index >= 15 is 0 Å². The predicted molar refractivity (Wildman–Crippen MR) is 121 cm³/mol. The van der Waals surface area contributed by atoms with E-state index in [4.69, 9.17) is 14.3 Å². The Morgan fingerprint density at radius 3 is 2.91 bits per heavy atom. The molecule has 0 aliphatic carbocycles. The molecule has 2 aliphatic rings. The number of nitrogens with one attached hydrogen (secondary N) is 1. The van der Waals surface area contributed by atoms with Crippen molar-refractivity contribution in [3.8, 4) is 11.5 Å². The topological polar surface area (TPSA) is 125 Å². The van der Waals surface area contributed by atoms with Gasteiger partial charge < -0.3 is 19.6 Å². The van der Waals surface area contributed by atoms with E-state index in [0.717, 1.165) is 23.3 Å². The standard InChI is InChI=1S/C22H25N5O6S/c1-15-3-2-8-26(12-15)34(29,30)17-5-6-18-19(10-17)27(25-24-18)33-13-22(28)23-11-16-4-7-20-21(9-16)32-14-31-20/h4-7,9-10,15H,2-3,8,11-14H2,1H3,(H,23,28). The minimum atomic E-state index is -3.65. The molecule has 1 atom stereocenters. The molecular formula is C22H25N5O6S. The molecule has 3 heterocycles. The number of carbonyl (C=O) groups excluding carboxylic acids is 1.